The number of amides is 2. The van der Waals surface area contributed by atoms with Crippen molar-refractivity contribution in [1.82, 2.24) is 10.2 Å². The number of aliphatic carboxylic acids is 1. The van der Waals surface area contributed by atoms with Crippen molar-refractivity contribution in [3.8, 4) is 0 Å². The van der Waals surface area contributed by atoms with Gasteiger partial charge in [0.05, 0.1) is 6.42 Å². The summed E-state index contributed by atoms with van der Waals surface area (Å²) >= 11 is 0. The second-order valence-electron chi connectivity index (χ2n) is 4.41. The zero-order valence-corrected chi connectivity index (χ0v) is 11.4. The van der Waals surface area contributed by atoms with Gasteiger partial charge in [-0.05, 0) is 6.92 Å². The van der Waals surface area contributed by atoms with Gasteiger partial charge in [0.2, 0.25) is 11.8 Å². The number of nitrogens with one attached hydrogen (secondary N) is 1. The van der Waals surface area contributed by atoms with Crippen LogP contribution in [0.3, 0.4) is 0 Å². The van der Waals surface area contributed by atoms with Crippen LogP contribution in [0.15, 0.2) is 0 Å². The van der Waals surface area contributed by atoms with Crippen molar-refractivity contribution in [2.75, 3.05) is 19.3 Å². The Kier molecular flexibility index (Phi) is 4.51. The number of rotatable bonds is 4. The van der Waals surface area contributed by atoms with Crippen LogP contribution in [0.2, 0.25) is 0 Å². The van der Waals surface area contributed by atoms with E-state index in [9.17, 15) is 22.8 Å². The highest BCUT2D eigenvalue weighted by atomic mass is 32.2. The molecule has 0 spiro atoms. The lowest BCUT2D eigenvalue weighted by atomic mass is 10.1. The van der Waals surface area contributed by atoms with Crippen molar-refractivity contribution in [1.29, 1.82) is 0 Å². The number of hydrogen-bond donors (Lipinski definition) is 2. The fourth-order valence-corrected chi connectivity index (χ4v) is 2.27. The van der Waals surface area contributed by atoms with Gasteiger partial charge in [0.1, 0.15) is 11.3 Å². The lowest BCUT2D eigenvalue weighted by Gasteiger charge is -2.35. The Morgan fingerprint density at radius 2 is 2.11 bits per heavy atom. The third-order valence-electron chi connectivity index (χ3n) is 2.97. The van der Waals surface area contributed by atoms with Gasteiger partial charge >= 0.3 is 5.97 Å². The van der Waals surface area contributed by atoms with E-state index in [1.165, 1.54) is 6.92 Å². The van der Waals surface area contributed by atoms with Gasteiger partial charge in [-0.2, -0.15) is 0 Å². The summed E-state index contributed by atoms with van der Waals surface area (Å²) in [5, 5.41) is 9.90. The first kappa shape index (κ1) is 15.4. The van der Waals surface area contributed by atoms with Crippen LogP contribution in [-0.2, 0) is 24.2 Å². The average molecular weight is 292 g/mol. The zero-order valence-electron chi connectivity index (χ0n) is 10.6. The van der Waals surface area contributed by atoms with Crippen LogP contribution < -0.4 is 5.32 Å². The molecule has 0 aromatic carbocycles. The van der Waals surface area contributed by atoms with Gasteiger partial charge in [-0.1, -0.05) is 0 Å². The SMILES string of the molecule is CC(C(=O)N1CCNC(=O)C1CC(=O)O)S(C)(=O)=O. The van der Waals surface area contributed by atoms with Crippen LogP contribution in [0.5, 0.6) is 0 Å². The van der Waals surface area contributed by atoms with Crippen molar-refractivity contribution in [3.63, 3.8) is 0 Å². The Morgan fingerprint density at radius 3 is 2.58 bits per heavy atom. The molecular formula is C10H16N2O6S. The largest absolute Gasteiger partial charge is 0.481 e. The molecule has 8 nitrogen and oxygen atoms in total. The van der Waals surface area contributed by atoms with Crippen molar-refractivity contribution in [2.45, 2.75) is 24.6 Å². The van der Waals surface area contributed by atoms with E-state index >= 15 is 0 Å². The molecule has 1 fully saturated rings. The van der Waals surface area contributed by atoms with E-state index in [2.05, 4.69) is 5.32 Å². The molecule has 0 radical (unpaired) electrons. The molecule has 0 bridgehead atoms. The summed E-state index contributed by atoms with van der Waals surface area (Å²) in [5.41, 5.74) is 0. The third-order valence-corrected chi connectivity index (χ3v) is 4.46. The van der Waals surface area contributed by atoms with Crippen molar-refractivity contribution < 1.29 is 27.9 Å². The fourth-order valence-electron chi connectivity index (χ4n) is 1.76. The number of carbonyl (C=O) groups excluding carboxylic acids is 2. The van der Waals surface area contributed by atoms with E-state index in [4.69, 9.17) is 5.11 Å². The van der Waals surface area contributed by atoms with Gasteiger partial charge in [-0.3, -0.25) is 14.4 Å². The van der Waals surface area contributed by atoms with Crippen LogP contribution in [0, 0.1) is 0 Å². The van der Waals surface area contributed by atoms with Gasteiger partial charge in [0, 0.05) is 19.3 Å². The first-order valence-electron chi connectivity index (χ1n) is 5.63. The smallest absolute Gasteiger partial charge is 0.305 e. The van der Waals surface area contributed by atoms with Crippen molar-refractivity contribution >= 4 is 27.6 Å². The van der Waals surface area contributed by atoms with Crippen molar-refractivity contribution in [3.05, 3.63) is 0 Å². The second-order valence-corrected chi connectivity index (χ2v) is 6.77. The molecule has 1 rings (SSSR count). The molecule has 2 amide bonds. The number of sulfone groups is 1. The first-order valence-corrected chi connectivity index (χ1v) is 7.59. The molecule has 1 heterocycles. The molecule has 0 aromatic heterocycles. The van der Waals surface area contributed by atoms with Crippen LogP contribution in [0.4, 0.5) is 0 Å². The minimum atomic E-state index is -3.59. The average Bonchev–Trinajstić information content (AvgIpc) is 2.28. The molecule has 1 aliphatic heterocycles. The summed E-state index contributed by atoms with van der Waals surface area (Å²) < 4.78 is 22.7. The topological polar surface area (TPSA) is 121 Å². The first-order chi connectivity index (χ1) is 8.64. The quantitative estimate of drug-likeness (QED) is 0.632. The highest BCUT2D eigenvalue weighted by molar-refractivity contribution is 7.92. The molecule has 0 saturated carbocycles. The van der Waals surface area contributed by atoms with Gasteiger partial charge in [-0.25, -0.2) is 8.42 Å². The summed E-state index contributed by atoms with van der Waals surface area (Å²) in [6.45, 7) is 1.50. The predicted octanol–water partition coefficient (Wildman–Crippen LogP) is -1.78. The molecule has 2 N–H and O–H groups in total. The molecule has 19 heavy (non-hydrogen) atoms. The highest BCUT2D eigenvalue weighted by Gasteiger charge is 2.38. The normalized spacial score (nSPS) is 21.7. The Bertz CT molecular complexity index is 500. The number of carboxylic acids is 1. The Morgan fingerprint density at radius 1 is 1.53 bits per heavy atom. The molecule has 2 atom stereocenters. The predicted molar refractivity (Wildman–Crippen MR) is 65.1 cm³/mol. The van der Waals surface area contributed by atoms with Gasteiger partial charge < -0.3 is 15.3 Å². The molecule has 0 aromatic rings. The van der Waals surface area contributed by atoms with Gasteiger partial charge in [-0.15, -0.1) is 0 Å². The second kappa shape index (κ2) is 5.55. The molecule has 2 unspecified atom stereocenters. The monoisotopic (exact) mass is 292 g/mol. The molecule has 1 saturated heterocycles. The minimum absolute atomic E-state index is 0.0996. The number of carboxylic acid groups (broad SMARTS) is 1. The van der Waals surface area contributed by atoms with E-state index in [0.717, 1.165) is 11.2 Å². The fraction of sp³-hybridized carbons (Fsp3) is 0.700. The number of piperazine rings is 1. The van der Waals surface area contributed by atoms with Crippen LogP contribution in [0.25, 0.3) is 0 Å². The maximum absolute atomic E-state index is 12.1. The van der Waals surface area contributed by atoms with Crippen LogP contribution >= 0.6 is 0 Å². The van der Waals surface area contributed by atoms with E-state index < -0.39 is 45.3 Å². The van der Waals surface area contributed by atoms with E-state index in [-0.39, 0.29) is 13.1 Å². The molecule has 9 heteroatoms. The van der Waals surface area contributed by atoms with Crippen LogP contribution in [-0.4, -0.2) is 66.8 Å². The molecule has 108 valence electrons. The standard InChI is InChI=1S/C10H16N2O6S/c1-6(19(2,17)18)10(16)12-4-3-11-9(15)7(12)5-8(13)14/h6-7H,3-5H2,1-2H3,(H,11,15)(H,13,14). The van der Waals surface area contributed by atoms with E-state index in [1.807, 2.05) is 0 Å². The van der Waals surface area contributed by atoms with Gasteiger partial charge in [0.15, 0.2) is 9.84 Å². The summed E-state index contributed by atoms with van der Waals surface area (Å²) in [6, 6.07) is -1.16. The Hall–Kier alpha value is -1.64. The van der Waals surface area contributed by atoms with Crippen LogP contribution in [0.1, 0.15) is 13.3 Å². The number of carbonyl (C=O) groups is 3. The number of hydrogen-bond acceptors (Lipinski definition) is 5. The van der Waals surface area contributed by atoms with E-state index in [0.29, 0.717) is 0 Å². The van der Waals surface area contributed by atoms with E-state index in [1.54, 1.807) is 0 Å². The molecule has 0 aliphatic carbocycles. The summed E-state index contributed by atoms with van der Waals surface area (Å²) in [6.07, 6.45) is 0.375. The molecule has 1 aliphatic rings. The Labute approximate surface area is 110 Å². The lowest BCUT2D eigenvalue weighted by Crippen LogP contribution is -2.60. The number of nitrogens with zero attached hydrogens (tertiary/aromatic N) is 1. The zero-order chi connectivity index (χ0) is 14.8. The summed E-state index contributed by atoms with van der Waals surface area (Å²) in [4.78, 5) is 35.4. The lowest BCUT2D eigenvalue weighted by molar-refractivity contribution is -0.148. The third kappa shape index (κ3) is 3.66. The minimum Gasteiger partial charge on any atom is -0.481 e. The van der Waals surface area contributed by atoms with Gasteiger partial charge in [0.25, 0.3) is 0 Å². The Balaban J connectivity index is 2.97. The van der Waals surface area contributed by atoms with Crippen molar-refractivity contribution in [2.24, 2.45) is 0 Å². The molecular weight excluding hydrogens is 276 g/mol. The highest BCUT2D eigenvalue weighted by Crippen LogP contribution is 2.13. The maximum atomic E-state index is 12.1. The summed E-state index contributed by atoms with van der Waals surface area (Å²) in [5.74, 6) is -2.56. The summed E-state index contributed by atoms with van der Waals surface area (Å²) in [7, 11) is -3.59. The maximum Gasteiger partial charge on any atom is 0.305 e.